The predicted molar refractivity (Wildman–Crippen MR) is 87.5 cm³/mol. The molecule has 2 heterocycles. The first kappa shape index (κ1) is 24.9. The number of pyridine rings is 2. The maximum Gasteiger partial charge on any atom is 0.258 e. The van der Waals surface area contributed by atoms with Crippen LogP contribution in [0.25, 0.3) is 0 Å². The quantitative estimate of drug-likeness (QED) is 0.0861. The van der Waals surface area contributed by atoms with Gasteiger partial charge in [0.25, 0.3) is 13.5 Å². The average molecular weight is 583 g/mol. The number of carbonyl (C=O) groups excluding carboxylic acids is 1. The van der Waals surface area contributed by atoms with Crippen molar-refractivity contribution in [3.63, 3.8) is 0 Å². The zero-order valence-corrected chi connectivity index (χ0v) is 19.1. The van der Waals surface area contributed by atoms with E-state index in [1.165, 1.54) is 6.21 Å². The molecule has 1 N–H and O–H groups in total. The number of aromatic nitrogens is 2. The fourth-order valence-electron chi connectivity index (χ4n) is 2.28. The Balaban J connectivity index is 0.00000312. The number of nitrogens with zero attached hydrogens (tertiary/aromatic N) is 3. The molecule has 0 spiro atoms. The first-order valence-corrected chi connectivity index (χ1v) is 7.86. The van der Waals surface area contributed by atoms with Gasteiger partial charge in [0, 0.05) is 24.6 Å². The third-order valence-corrected chi connectivity index (χ3v) is 3.41. The highest BCUT2D eigenvalue weighted by atomic mass is 127. The molecule has 0 aromatic carbocycles. The van der Waals surface area contributed by atoms with Crippen LogP contribution in [0, 0.1) is 5.92 Å². The molecule has 0 saturated carbocycles. The molecule has 0 aliphatic heterocycles. The Labute approximate surface area is 187 Å². The number of carbonyl (C=O) groups is 1. The van der Waals surface area contributed by atoms with Crippen LogP contribution in [0.4, 0.5) is 0 Å². The molecular formula is C18H23I2N3O3. The van der Waals surface area contributed by atoms with Crippen molar-refractivity contribution in [1.29, 1.82) is 0 Å². The van der Waals surface area contributed by atoms with E-state index in [1.54, 1.807) is 6.20 Å². The van der Waals surface area contributed by atoms with Gasteiger partial charge in [0.1, 0.15) is 6.21 Å². The van der Waals surface area contributed by atoms with Gasteiger partial charge in [0.15, 0.2) is 24.4 Å². The maximum atomic E-state index is 12.1. The fourth-order valence-corrected chi connectivity index (χ4v) is 2.28. The Kier molecular flexibility index (Phi) is 12.5. The number of Topliss-reactive ketones (excluding diaryl/α,β-unsaturated/α-hetero) is 1. The van der Waals surface area contributed by atoms with E-state index in [2.05, 4.69) is 5.16 Å². The van der Waals surface area contributed by atoms with Gasteiger partial charge < -0.3 is 53.2 Å². The lowest BCUT2D eigenvalue weighted by Crippen LogP contribution is -3.00. The molecule has 0 fully saturated rings. The van der Waals surface area contributed by atoms with Crippen molar-refractivity contribution < 1.29 is 71.8 Å². The van der Waals surface area contributed by atoms with E-state index in [1.807, 2.05) is 65.7 Å². The van der Waals surface area contributed by atoms with Crippen LogP contribution in [-0.2, 0) is 18.2 Å². The standard InChI is InChI=1S/C18H22N3O3.2HI/c1-15(2)10-18(22)16-6-5-8-20(12-16)13-24-14-21-9-4-3-7-17(21)11-19-23;;/h3-9,11-12,15H,10,13-14H2,1-2H3;2*1H/q+1;;/p-1. The molecule has 8 heteroatoms. The SMILES string of the molecule is CC(C)CC(=O)c1ccc[n+](COC[n+]2ccccc2/C=N/O)c1.[I-].[I-]. The second-order valence-corrected chi connectivity index (χ2v) is 5.93. The summed E-state index contributed by atoms with van der Waals surface area (Å²) >= 11 is 0. The monoisotopic (exact) mass is 583 g/mol. The van der Waals surface area contributed by atoms with E-state index in [0.29, 0.717) is 31.4 Å². The van der Waals surface area contributed by atoms with Crippen molar-refractivity contribution in [1.82, 2.24) is 0 Å². The van der Waals surface area contributed by atoms with E-state index in [-0.39, 0.29) is 53.7 Å². The zero-order valence-electron chi connectivity index (χ0n) is 14.8. The van der Waals surface area contributed by atoms with Gasteiger partial charge in [0.2, 0.25) is 5.69 Å². The minimum atomic E-state index is 0. The fraction of sp³-hybridized carbons (Fsp3) is 0.333. The van der Waals surface area contributed by atoms with Crippen LogP contribution < -0.4 is 57.1 Å². The predicted octanol–water partition coefficient (Wildman–Crippen LogP) is -4.06. The molecule has 0 atom stereocenters. The Morgan fingerprint density at radius 2 is 1.96 bits per heavy atom. The van der Waals surface area contributed by atoms with Crippen LogP contribution in [0.5, 0.6) is 0 Å². The summed E-state index contributed by atoms with van der Waals surface area (Å²) < 4.78 is 9.32. The van der Waals surface area contributed by atoms with Crippen molar-refractivity contribution in [2.45, 2.75) is 33.7 Å². The van der Waals surface area contributed by atoms with Crippen LogP contribution >= 0.6 is 0 Å². The molecule has 0 amide bonds. The summed E-state index contributed by atoms with van der Waals surface area (Å²) in [4.78, 5) is 12.1. The molecule has 0 radical (unpaired) electrons. The lowest BCUT2D eigenvalue weighted by molar-refractivity contribution is -0.788. The third kappa shape index (κ3) is 8.04. The van der Waals surface area contributed by atoms with Gasteiger partial charge in [-0.25, -0.2) is 0 Å². The smallest absolute Gasteiger partial charge is 0.258 e. The Hall–Kier alpha value is -1.14. The van der Waals surface area contributed by atoms with Gasteiger partial charge in [-0.3, -0.25) is 9.53 Å². The number of ether oxygens (including phenoxy) is 1. The van der Waals surface area contributed by atoms with Gasteiger partial charge in [-0.2, -0.15) is 9.13 Å². The first-order chi connectivity index (χ1) is 11.6. The van der Waals surface area contributed by atoms with E-state index in [0.717, 1.165) is 5.69 Å². The average Bonchev–Trinajstić information content (AvgIpc) is 2.56. The number of halogens is 2. The van der Waals surface area contributed by atoms with Gasteiger partial charge in [0.05, 0.1) is 5.56 Å². The molecule has 0 unspecified atom stereocenters. The van der Waals surface area contributed by atoms with Gasteiger partial charge in [-0.15, -0.1) is 0 Å². The second-order valence-electron chi connectivity index (χ2n) is 5.93. The molecule has 6 nitrogen and oxygen atoms in total. The van der Waals surface area contributed by atoms with Crippen molar-refractivity contribution >= 4 is 12.0 Å². The van der Waals surface area contributed by atoms with Crippen molar-refractivity contribution in [2.75, 3.05) is 0 Å². The maximum absolute atomic E-state index is 12.1. The Bertz CT molecular complexity index is 724. The summed E-state index contributed by atoms with van der Waals surface area (Å²) in [5, 5.41) is 11.7. The summed E-state index contributed by atoms with van der Waals surface area (Å²) in [5.74, 6) is 0.474. The highest BCUT2D eigenvalue weighted by molar-refractivity contribution is 5.95. The number of hydrogen-bond donors (Lipinski definition) is 1. The van der Waals surface area contributed by atoms with E-state index >= 15 is 0 Å². The molecular weight excluding hydrogens is 560 g/mol. The Morgan fingerprint density at radius 3 is 2.65 bits per heavy atom. The summed E-state index contributed by atoms with van der Waals surface area (Å²) in [6.07, 6.45) is 7.38. The summed E-state index contributed by atoms with van der Waals surface area (Å²) in [7, 11) is 0. The zero-order chi connectivity index (χ0) is 17.4. The third-order valence-electron chi connectivity index (χ3n) is 3.41. The lowest BCUT2D eigenvalue weighted by Gasteiger charge is -2.04. The van der Waals surface area contributed by atoms with Crippen LogP contribution in [0.1, 0.15) is 36.3 Å². The molecule has 2 aromatic heterocycles. The van der Waals surface area contributed by atoms with E-state index < -0.39 is 0 Å². The molecule has 0 aliphatic carbocycles. The minimum absolute atomic E-state index is 0. The molecule has 0 aliphatic rings. The first-order valence-electron chi connectivity index (χ1n) is 7.86. The molecule has 2 aromatic rings. The Morgan fingerprint density at radius 1 is 1.19 bits per heavy atom. The topological polar surface area (TPSA) is 66.7 Å². The highest BCUT2D eigenvalue weighted by Gasteiger charge is 2.13. The molecule has 2 rings (SSSR count). The van der Waals surface area contributed by atoms with Gasteiger partial charge >= 0.3 is 0 Å². The van der Waals surface area contributed by atoms with Gasteiger partial charge in [-0.1, -0.05) is 19.0 Å². The van der Waals surface area contributed by atoms with Crippen molar-refractivity contribution in [3.05, 3.63) is 60.2 Å². The number of rotatable bonds is 8. The van der Waals surface area contributed by atoms with Crippen LogP contribution in [0.2, 0.25) is 0 Å². The van der Waals surface area contributed by atoms with Crippen molar-refractivity contribution in [3.8, 4) is 0 Å². The second kappa shape index (κ2) is 13.1. The summed E-state index contributed by atoms with van der Waals surface area (Å²) in [6, 6.07) is 9.21. The highest BCUT2D eigenvalue weighted by Crippen LogP contribution is 2.07. The normalized spacial score (nSPS) is 10.4. The molecule has 26 heavy (non-hydrogen) atoms. The van der Waals surface area contributed by atoms with Crippen molar-refractivity contribution in [2.24, 2.45) is 11.1 Å². The number of hydrogen-bond acceptors (Lipinski definition) is 4. The van der Waals surface area contributed by atoms with Crippen LogP contribution in [0.3, 0.4) is 0 Å². The number of ketones is 1. The minimum Gasteiger partial charge on any atom is -1.00 e. The molecule has 0 saturated heterocycles. The van der Waals surface area contributed by atoms with E-state index in [4.69, 9.17) is 9.94 Å². The summed E-state index contributed by atoms with van der Waals surface area (Å²) in [5.41, 5.74) is 1.42. The lowest BCUT2D eigenvalue weighted by atomic mass is 10.0. The summed E-state index contributed by atoms with van der Waals surface area (Å²) in [6.45, 7) is 4.68. The molecule has 142 valence electrons. The number of oxime groups is 1. The largest absolute Gasteiger partial charge is 1.00 e. The van der Waals surface area contributed by atoms with E-state index in [9.17, 15) is 4.79 Å². The van der Waals surface area contributed by atoms with Gasteiger partial charge in [-0.05, 0) is 18.1 Å². The van der Waals surface area contributed by atoms with Crippen LogP contribution in [0.15, 0.2) is 54.1 Å². The molecule has 0 bridgehead atoms. The van der Waals surface area contributed by atoms with Crippen LogP contribution in [-0.4, -0.2) is 17.2 Å².